The molecule has 1 aliphatic heterocycles. The second-order valence-electron chi connectivity index (χ2n) is 8.42. The molecule has 0 aliphatic carbocycles. The first-order chi connectivity index (χ1) is 16.2. The van der Waals surface area contributed by atoms with Gasteiger partial charge >= 0.3 is 6.18 Å². The highest BCUT2D eigenvalue weighted by Gasteiger charge is 2.31. The Kier molecular flexibility index (Phi) is 6.45. The fraction of sp³-hybridized carbons (Fsp3) is 0.320. The first-order valence-corrected chi connectivity index (χ1v) is 11.1. The van der Waals surface area contributed by atoms with Crippen molar-refractivity contribution in [2.24, 2.45) is 0 Å². The minimum Gasteiger partial charge on any atom is -0.337 e. The number of fused-ring (bicyclic) bond motifs is 1. The molecule has 1 atom stereocenters. The van der Waals surface area contributed by atoms with E-state index in [2.05, 4.69) is 16.9 Å². The van der Waals surface area contributed by atoms with E-state index >= 15 is 0 Å². The van der Waals surface area contributed by atoms with E-state index in [1.807, 2.05) is 29.7 Å². The summed E-state index contributed by atoms with van der Waals surface area (Å²) < 4.78 is 41.3. The molecular weight excluding hydrogens is 445 g/mol. The molecule has 3 aromatic rings. The predicted molar refractivity (Wildman–Crippen MR) is 124 cm³/mol. The maximum atomic E-state index is 13.1. The maximum Gasteiger partial charge on any atom is 0.416 e. The lowest BCUT2D eigenvalue weighted by Crippen LogP contribution is -2.34. The normalized spacial score (nSPS) is 16.8. The van der Waals surface area contributed by atoms with Crippen LogP contribution in [0, 0.1) is 6.92 Å². The van der Waals surface area contributed by atoms with Gasteiger partial charge < -0.3 is 9.47 Å². The average molecular weight is 470 g/mol. The van der Waals surface area contributed by atoms with Crippen LogP contribution in [0.5, 0.6) is 0 Å². The van der Waals surface area contributed by atoms with Crippen molar-refractivity contribution in [3.63, 3.8) is 0 Å². The number of nitrogens with zero attached hydrogens (tertiary/aromatic N) is 3. The molecule has 1 aliphatic rings. The number of halogens is 3. The van der Waals surface area contributed by atoms with E-state index in [1.165, 1.54) is 18.2 Å². The molecule has 0 saturated carbocycles. The molecule has 34 heavy (non-hydrogen) atoms. The number of likely N-dealkylation sites (tertiary alicyclic amines) is 1. The molecule has 2 heterocycles. The van der Waals surface area contributed by atoms with E-state index in [9.17, 15) is 22.8 Å². The Bertz CT molecular complexity index is 1250. The van der Waals surface area contributed by atoms with Gasteiger partial charge in [-0.25, -0.2) is 4.98 Å². The van der Waals surface area contributed by atoms with Gasteiger partial charge in [-0.1, -0.05) is 24.8 Å². The molecule has 0 bridgehead atoms. The highest BCUT2D eigenvalue weighted by atomic mass is 19.4. The van der Waals surface area contributed by atoms with E-state index in [0.717, 1.165) is 42.5 Å². The fourth-order valence-electron chi connectivity index (χ4n) is 4.43. The van der Waals surface area contributed by atoms with E-state index in [1.54, 1.807) is 4.90 Å². The van der Waals surface area contributed by atoms with Gasteiger partial charge in [0.2, 0.25) is 11.9 Å². The van der Waals surface area contributed by atoms with E-state index in [-0.39, 0.29) is 23.5 Å². The molecule has 1 N–H and O–H groups in total. The molecule has 178 valence electrons. The van der Waals surface area contributed by atoms with Crippen LogP contribution in [-0.4, -0.2) is 39.4 Å². The quantitative estimate of drug-likeness (QED) is 0.523. The van der Waals surface area contributed by atoms with Crippen LogP contribution < -0.4 is 5.32 Å². The first kappa shape index (κ1) is 23.5. The lowest BCUT2D eigenvalue weighted by atomic mass is 10.1. The number of imidazole rings is 1. The van der Waals surface area contributed by atoms with E-state index < -0.39 is 17.6 Å². The number of hydrogen-bond acceptors (Lipinski definition) is 3. The molecule has 0 unspecified atom stereocenters. The number of hydrogen-bond donors (Lipinski definition) is 1. The number of nitrogens with one attached hydrogen (secondary N) is 1. The summed E-state index contributed by atoms with van der Waals surface area (Å²) in [5.41, 5.74) is 1.40. The molecule has 0 spiro atoms. The van der Waals surface area contributed by atoms with Gasteiger partial charge in [-0.3, -0.25) is 14.9 Å². The summed E-state index contributed by atoms with van der Waals surface area (Å²) >= 11 is 0. The van der Waals surface area contributed by atoms with Crippen molar-refractivity contribution < 1.29 is 22.8 Å². The Morgan fingerprint density at radius 3 is 2.68 bits per heavy atom. The van der Waals surface area contributed by atoms with Crippen LogP contribution in [0.25, 0.3) is 11.0 Å². The smallest absolute Gasteiger partial charge is 0.337 e. The number of anilines is 1. The third-order valence-electron chi connectivity index (χ3n) is 6.09. The molecule has 1 aromatic heterocycles. The number of aromatic nitrogens is 2. The van der Waals surface area contributed by atoms with Crippen LogP contribution in [0.15, 0.2) is 55.1 Å². The van der Waals surface area contributed by atoms with Crippen molar-refractivity contribution in [3.05, 3.63) is 71.8 Å². The van der Waals surface area contributed by atoms with Gasteiger partial charge in [-0.05, 0) is 62.1 Å². The Hall–Kier alpha value is -3.62. The van der Waals surface area contributed by atoms with Crippen molar-refractivity contribution in [2.45, 2.75) is 38.4 Å². The van der Waals surface area contributed by atoms with Gasteiger partial charge in [-0.15, -0.1) is 0 Å². The minimum atomic E-state index is -4.55. The Labute approximate surface area is 195 Å². The van der Waals surface area contributed by atoms with Crippen LogP contribution in [0.3, 0.4) is 0 Å². The second-order valence-corrected chi connectivity index (χ2v) is 8.42. The van der Waals surface area contributed by atoms with Crippen molar-refractivity contribution in [3.8, 4) is 0 Å². The Morgan fingerprint density at radius 2 is 1.94 bits per heavy atom. The first-order valence-electron chi connectivity index (χ1n) is 11.1. The number of para-hydroxylation sites is 1. The van der Waals surface area contributed by atoms with Crippen LogP contribution >= 0.6 is 0 Å². The summed E-state index contributed by atoms with van der Waals surface area (Å²) in [6, 6.07) is 9.72. The van der Waals surface area contributed by atoms with Crippen molar-refractivity contribution in [1.82, 2.24) is 14.5 Å². The lowest BCUT2D eigenvalue weighted by molar-refractivity contribution is -0.137. The van der Waals surface area contributed by atoms with Gasteiger partial charge in [-0.2, -0.15) is 13.2 Å². The maximum absolute atomic E-state index is 13.1. The molecule has 1 fully saturated rings. The number of carbonyl (C=O) groups excluding carboxylic acids is 2. The van der Waals surface area contributed by atoms with Gasteiger partial charge in [0.15, 0.2) is 0 Å². The summed E-state index contributed by atoms with van der Waals surface area (Å²) in [6.07, 6.45) is -0.795. The number of carbonyl (C=O) groups is 2. The summed E-state index contributed by atoms with van der Waals surface area (Å²) in [5.74, 6) is -0.611. The third kappa shape index (κ3) is 4.69. The van der Waals surface area contributed by atoms with Gasteiger partial charge in [0, 0.05) is 18.7 Å². The molecule has 6 nitrogen and oxygen atoms in total. The molecule has 9 heteroatoms. The fourth-order valence-corrected chi connectivity index (χ4v) is 4.43. The molecule has 0 radical (unpaired) electrons. The van der Waals surface area contributed by atoms with Crippen molar-refractivity contribution in [1.29, 1.82) is 0 Å². The lowest BCUT2D eigenvalue weighted by Gasteiger charge is -2.26. The van der Waals surface area contributed by atoms with Crippen molar-refractivity contribution >= 4 is 28.8 Å². The highest BCUT2D eigenvalue weighted by molar-refractivity contribution is 6.04. The predicted octanol–water partition coefficient (Wildman–Crippen LogP) is 5.36. The van der Waals surface area contributed by atoms with Crippen LogP contribution in [0.1, 0.15) is 46.8 Å². The minimum absolute atomic E-state index is 0.116. The van der Waals surface area contributed by atoms with Gasteiger partial charge in [0.25, 0.3) is 5.91 Å². The topological polar surface area (TPSA) is 67.2 Å². The van der Waals surface area contributed by atoms with Crippen LogP contribution in [0.4, 0.5) is 19.1 Å². The zero-order valence-corrected chi connectivity index (χ0v) is 18.7. The van der Waals surface area contributed by atoms with Crippen LogP contribution in [-0.2, 0) is 11.0 Å². The van der Waals surface area contributed by atoms with Crippen LogP contribution in [0.2, 0.25) is 0 Å². The summed E-state index contributed by atoms with van der Waals surface area (Å²) in [6.45, 7) is 6.54. The molecular formula is C25H25F3N4O2. The second kappa shape index (κ2) is 9.32. The molecule has 4 rings (SSSR count). The highest BCUT2D eigenvalue weighted by Crippen LogP contribution is 2.33. The third-order valence-corrected chi connectivity index (χ3v) is 6.09. The number of rotatable bonds is 4. The summed E-state index contributed by atoms with van der Waals surface area (Å²) in [5, 5.41) is 2.72. The van der Waals surface area contributed by atoms with E-state index in [0.29, 0.717) is 18.6 Å². The number of alkyl halides is 3. The zero-order chi connectivity index (χ0) is 24.5. The zero-order valence-electron chi connectivity index (χ0n) is 18.7. The average Bonchev–Trinajstić information content (AvgIpc) is 3.00. The summed E-state index contributed by atoms with van der Waals surface area (Å²) in [7, 11) is 0. The molecule has 2 amide bonds. The Morgan fingerprint density at radius 1 is 1.18 bits per heavy atom. The molecule has 1 saturated heterocycles. The monoisotopic (exact) mass is 470 g/mol. The molecule has 2 aromatic carbocycles. The van der Waals surface area contributed by atoms with E-state index in [4.69, 9.17) is 0 Å². The number of amides is 2. The largest absolute Gasteiger partial charge is 0.416 e. The standard InChI is InChI=1S/C25H25F3N4O2/c1-3-21(33)31-13-5-4-11-19(15-31)32-22-16(2)8-6-12-20(22)29-24(32)30-23(34)17-9-7-10-18(14-17)25(26,27)28/h3,6-10,12,14,19H,1,4-5,11,13,15H2,2H3,(H,29,30,34)/t19-/m0/s1. The van der Waals surface area contributed by atoms with Crippen molar-refractivity contribution in [2.75, 3.05) is 18.4 Å². The van der Waals surface area contributed by atoms with Gasteiger partial charge in [0.05, 0.1) is 22.6 Å². The van der Waals surface area contributed by atoms with Gasteiger partial charge in [0.1, 0.15) is 0 Å². The number of aryl methyl sites for hydroxylation is 1. The Balaban J connectivity index is 1.75. The SMILES string of the molecule is C=CC(=O)N1CCCC[C@H](n2c(NC(=O)c3cccc(C(F)(F)F)c3)nc3cccc(C)c32)C1. The number of benzene rings is 2. The summed E-state index contributed by atoms with van der Waals surface area (Å²) in [4.78, 5) is 31.6.